The first-order valence-electron chi connectivity index (χ1n) is 11.9. The molecule has 1 saturated carbocycles. The van der Waals surface area contributed by atoms with Crippen molar-refractivity contribution in [3.8, 4) is 0 Å². The van der Waals surface area contributed by atoms with Crippen LogP contribution >= 0.6 is 0 Å². The number of hydrogen-bond donors (Lipinski definition) is 1. The Bertz CT molecular complexity index is 793. The molecule has 4 fully saturated rings. The van der Waals surface area contributed by atoms with Crippen LogP contribution in [0.25, 0.3) is 0 Å². The molecule has 188 valence electrons. The van der Waals surface area contributed by atoms with Gasteiger partial charge < -0.3 is 24.1 Å². The Hall–Kier alpha value is -1.26. The molecular weight excluding hydrogens is 432 g/mol. The second-order valence-corrected chi connectivity index (χ2v) is 11.4. The molecule has 3 aliphatic heterocycles. The summed E-state index contributed by atoms with van der Waals surface area (Å²) >= 11 is 0. The van der Waals surface area contributed by atoms with E-state index < -0.39 is 53.0 Å². The fourth-order valence-electron chi connectivity index (χ4n) is 6.71. The lowest BCUT2D eigenvalue weighted by atomic mass is 9.64. The number of carbonyl (C=O) groups excluding carboxylic acids is 2. The van der Waals surface area contributed by atoms with E-state index in [0.717, 1.165) is 0 Å². The van der Waals surface area contributed by atoms with Crippen LogP contribution in [-0.4, -0.2) is 67.1 Å². The van der Waals surface area contributed by atoms with Gasteiger partial charge in [-0.25, -0.2) is 14.6 Å². The quantitative estimate of drug-likeness (QED) is 0.481. The van der Waals surface area contributed by atoms with Crippen LogP contribution in [0, 0.1) is 22.7 Å². The molecule has 5 unspecified atom stereocenters. The van der Waals surface area contributed by atoms with Crippen molar-refractivity contribution in [2.75, 3.05) is 14.2 Å². The largest absolute Gasteiger partial charge is 0.460 e. The maximum absolute atomic E-state index is 13.1. The predicted molar refractivity (Wildman–Crippen MR) is 115 cm³/mol. The van der Waals surface area contributed by atoms with E-state index in [1.807, 2.05) is 6.92 Å². The van der Waals surface area contributed by atoms with E-state index in [1.54, 1.807) is 14.0 Å². The lowest BCUT2D eigenvalue weighted by Crippen LogP contribution is -2.65. The number of fused-ring (bicyclic) bond motifs is 4. The molecule has 4 rings (SSSR count). The van der Waals surface area contributed by atoms with E-state index >= 15 is 0 Å². The number of hydrogen-bond acceptors (Lipinski definition) is 9. The predicted octanol–water partition coefficient (Wildman–Crippen LogP) is 2.53. The Balaban J connectivity index is 1.84. The van der Waals surface area contributed by atoms with Gasteiger partial charge in [0, 0.05) is 20.6 Å². The van der Waals surface area contributed by atoms with Gasteiger partial charge in [0.1, 0.15) is 18.3 Å². The molecule has 2 bridgehead atoms. The molecule has 9 heteroatoms. The maximum atomic E-state index is 13.1. The van der Waals surface area contributed by atoms with Gasteiger partial charge in [0.15, 0.2) is 17.5 Å². The molecule has 33 heavy (non-hydrogen) atoms. The average molecular weight is 471 g/mol. The number of carbonyl (C=O) groups is 2. The number of rotatable bonds is 2. The van der Waals surface area contributed by atoms with Crippen LogP contribution in [0.2, 0.25) is 0 Å². The van der Waals surface area contributed by atoms with Gasteiger partial charge in [0.25, 0.3) is 0 Å². The first-order chi connectivity index (χ1) is 15.4. The molecule has 9 nitrogen and oxygen atoms in total. The van der Waals surface area contributed by atoms with Crippen molar-refractivity contribution in [1.29, 1.82) is 0 Å². The zero-order chi connectivity index (χ0) is 24.4. The van der Waals surface area contributed by atoms with Crippen LogP contribution in [0.3, 0.4) is 0 Å². The summed E-state index contributed by atoms with van der Waals surface area (Å²) in [5.74, 6) is -1.98. The molecule has 0 radical (unpaired) electrons. The van der Waals surface area contributed by atoms with Crippen molar-refractivity contribution in [3.63, 3.8) is 0 Å². The summed E-state index contributed by atoms with van der Waals surface area (Å²) < 4.78 is 23.1. The van der Waals surface area contributed by atoms with Crippen molar-refractivity contribution in [2.45, 2.75) is 103 Å². The van der Waals surface area contributed by atoms with E-state index in [1.165, 1.54) is 7.11 Å². The highest BCUT2D eigenvalue weighted by molar-refractivity contribution is 5.87. The molecule has 0 aromatic rings. The van der Waals surface area contributed by atoms with Gasteiger partial charge in [0.05, 0.1) is 11.3 Å². The molecule has 1 N–H and O–H groups in total. The Labute approximate surface area is 195 Å². The van der Waals surface area contributed by atoms with Crippen LogP contribution in [0.5, 0.6) is 0 Å². The summed E-state index contributed by atoms with van der Waals surface area (Å²) in [6.45, 7) is 10.1. The van der Waals surface area contributed by atoms with E-state index in [2.05, 4.69) is 20.8 Å². The highest BCUT2D eigenvalue weighted by atomic mass is 17.2. The molecule has 4 aliphatic rings. The lowest BCUT2D eigenvalue weighted by molar-refractivity contribution is -0.338. The normalized spacial score (nSPS) is 48.4. The molecule has 3 heterocycles. The van der Waals surface area contributed by atoms with Crippen molar-refractivity contribution in [1.82, 2.24) is 0 Å². The van der Waals surface area contributed by atoms with Crippen molar-refractivity contribution in [2.24, 2.45) is 22.7 Å². The zero-order valence-electron chi connectivity index (χ0n) is 20.7. The summed E-state index contributed by atoms with van der Waals surface area (Å²) in [5, 5.41) is 11.8. The summed E-state index contributed by atoms with van der Waals surface area (Å²) in [5.41, 5.74) is -4.19. The van der Waals surface area contributed by atoms with Crippen LogP contribution in [0.4, 0.5) is 0 Å². The van der Waals surface area contributed by atoms with Crippen LogP contribution in [-0.2, 0) is 38.3 Å². The molecule has 9 atom stereocenters. The molecule has 0 aromatic heterocycles. The van der Waals surface area contributed by atoms with Crippen LogP contribution in [0.15, 0.2) is 0 Å². The summed E-state index contributed by atoms with van der Waals surface area (Å²) in [6.07, 6.45) is -0.0634. The van der Waals surface area contributed by atoms with Crippen LogP contribution in [0.1, 0.15) is 66.7 Å². The fraction of sp³-hybridized carbons (Fsp3) is 0.917. The monoisotopic (exact) mass is 470 g/mol. The minimum Gasteiger partial charge on any atom is -0.460 e. The number of esters is 2. The van der Waals surface area contributed by atoms with Crippen molar-refractivity contribution < 1.29 is 43.4 Å². The zero-order valence-corrected chi connectivity index (χ0v) is 20.7. The lowest BCUT2D eigenvalue weighted by Gasteiger charge is -2.44. The third-order valence-electron chi connectivity index (χ3n) is 8.90. The van der Waals surface area contributed by atoms with E-state index in [4.69, 9.17) is 28.7 Å². The molecule has 1 aliphatic carbocycles. The Morgan fingerprint density at radius 3 is 2.36 bits per heavy atom. The van der Waals surface area contributed by atoms with Crippen molar-refractivity contribution >= 4 is 11.9 Å². The summed E-state index contributed by atoms with van der Waals surface area (Å²) in [7, 11) is 3.01. The number of methoxy groups -OCH3 is 2. The highest BCUT2D eigenvalue weighted by Gasteiger charge is 2.73. The van der Waals surface area contributed by atoms with Gasteiger partial charge in [-0.15, -0.1) is 0 Å². The second-order valence-electron chi connectivity index (χ2n) is 11.4. The third kappa shape index (κ3) is 3.45. The van der Waals surface area contributed by atoms with Crippen molar-refractivity contribution in [3.05, 3.63) is 0 Å². The molecule has 0 aromatic carbocycles. The van der Waals surface area contributed by atoms with Gasteiger partial charge in [-0.1, -0.05) is 20.8 Å². The van der Waals surface area contributed by atoms with Gasteiger partial charge >= 0.3 is 11.9 Å². The summed E-state index contributed by atoms with van der Waals surface area (Å²) in [6, 6.07) is 0. The summed E-state index contributed by atoms with van der Waals surface area (Å²) in [4.78, 5) is 37.1. The molecule has 1 spiro atoms. The topological polar surface area (TPSA) is 110 Å². The first kappa shape index (κ1) is 24.9. The number of ether oxygens (including phenoxy) is 4. The smallest absolute Gasteiger partial charge is 0.341 e. The average Bonchev–Trinajstić information content (AvgIpc) is 3.29. The van der Waals surface area contributed by atoms with Gasteiger partial charge in [0.2, 0.25) is 0 Å². The molecular formula is C24H38O9. The Morgan fingerprint density at radius 1 is 1.06 bits per heavy atom. The standard InChI is InChI=1S/C24H38O9/c1-13-18(25)31-17-8-9-22(14(2)32-33-20(22)28-6)11-15(21(3,4)5)10-16-12-23(27,19(26)30-16)24(13,17)29-7/h13-17,20,27H,8-12H2,1-7H3/t13-,14?,15-,16?,17?,20+,22?,23?,24-/m1/s1. The van der Waals surface area contributed by atoms with Gasteiger partial charge in [-0.05, 0) is 50.9 Å². The third-order valence-corrected chi connectivity index (χ3v) is 8.90. The second kappa shape index (κ2) is 8.16. The van der Waals surface area contributed by atoms with Gasteiger partial charge in [-0.2, -0.15) is 0 Å². The van der Waals surface area contributed by atoms with Gasteiger partial charge in [-0.3, -0.25) is 4.79 Å². The SMILES string of the molecule is CO[C@H]1OOC(C)C12CCC1OC(=O)[C@@H](C)[C@]1(OC)C1(O)CC(C[C@@H](C(C)(C)C)C2)OC1=O. The minimum atomic E-state index is -1.99. The molecule has 0 amide bonds. The van der Waals surface area contributed by atoms with E-state index in [-0.39, 0.29) is 23.9 Å². The Morgan fingerprint density at radius 2 is 1.76 bits per heavy atom. The maximum Gasteiger partial charge on any atom is 0.341 e. The van der Waals surface area contributed by atoms with Crippen LogP contribution < -0.4 is 0 Å². The van der Waals surface area contributed by atoms with E-state index in [9.17, 15) is 14.7 Å². The minimum absolute atomic E-state index is 0.0486. The molecule has 3 saturated heterocycles. The highest BCUT2D eigenvalue weighted by Crippen LogP contribution is 2.56. The van der Waals surface area contributed by atoms with E-state index in [0.29, 0.717) is 25.7 Å². The first-order valence-corrected chi connectivity index (χ1v) is 11.9. The fourth-order valence-corrected chi connectivity index (χ4v) is 6.71. The number of aliphatic hydroxyl groups is 1. The Kier molecular flexibility index (Phi) is 6.14.